The van der Waals surface area contributed by atoms with Crippen molar-refractivity contribution in [2.45, 2.75) is 44.2 Å². The molecule has 184 valence electrons. The van der Waals surface area contributed by atoms with E-state index in [-0.39, 0.29) is 34.7 Å². The SMILES string of the molecule is CC(C(C(=O)Nc1cc(C(CC(=O)O)C2CC2)ccc1Cl)c1cc2ccccc2cn1)C(F)(F)F. The highest BCUT2D eigenvalue weighted by atomic mass is 35.5. The van der Waals surface area contributed by atoms with Crippen LogP contribution < -0.4 is 5.32 Å². The molecule has 4 rings (SSSR count). The number of carboxylic acids is 1. The highest BCUT2D eigenvalue weighted by Gasteiger charge is 2.45. The number of alkyl halides is 3. The predicted octanol–water partition coefficient (Wildman–Crippen LogP) is 6.78. The fourth-order valence-electron chi connectivity index (χ4n) is 4.40. The summed E-state index contributed by atoms with van der Waals surface area (Å²) in [5.74, 6) is -5.49. The van der Waals surface area contributed by atoms with Crippen molar-refractivity contribution in [2.24, 2.45) is 11.8 Å². The average Bonchev–Trinajstić information content (AvgIpc) is 3.64. The number of nitrogens with zero attached hydrogens (tertiary/aromatic N) is 1. The van der Waals surface area contributed by atoms with Crippen molar-refractivity contribution in [1.29, 1.82) is 0 Å². The van der Waals surface area contributed by atoms with Crippen LogP contribution >= 0.6 is 11.6 Å². The van der Waals surface area contributed by atoms with Gasteiger partial charge < -0.3 is 10.4 Å². The van der Waals surface area contributed by atoms with E-state index in [0.29, 0.717) is 10.9 Å². The third kappa shape index (κ3) is 5.75. The van der Waals surface area contributed by atoms with E-state index in [0.717, 1.165) is 25.2 Å². The first kappa shape index (κ1) is 25.0. The first-order chi connectivity index (χ1) is 16.5. The van der Waals surface area contributed by atoms with Crippen LogP contribution in [-0.2, 0) is 9.59 Å². The molecule has 1 fully saturated rings. The molecular formula is C26H24ClF3N2O3. The number of fused-ring (bicyclic) bond motifs is 1. The molecule has 1 amide bonds. The summed E-state index contributed by atoms with van der Waals surface area (Å²) in [4.78, 5) is 28.8. The second-order valence-electron chi connectivity index (χ2n) is 9.03. The van der Waals surface area contributed by atoms with E-state index in [4.69, 9.17) is 11.6 Å². The Kier molecular flexibility index (Phi) is 7.03. The number of carboxylic acid groups (broad SMARTS) is 1. The minimum Gasteiger partial charge on any atom is -0.481 e. The highest BCUT2D eigenvalue weighted by molar-refractivity contribution is 6.33. The van der Waals surface area contributed by atoms with Crippen LogP contribution in [0.25, 0.3) is 10.8 Å². The van der Waals surface area contributed by atoms with Gasteiger partial charge in [0.15, 0.2) is 0 Å². The first-order valence-electron chi connectivity index (χ1n) is 11.3. The van der Waals surface area contributed by atoms with Gasteiger partial charge in [0, 0.05) is 11.6 Å². The van der Waals surface area contributed by atoms with E-state index in [1.165, 1.54) is 18.3 Å². The van der Waals surface area contributed by atoms with Crippen LogP contribution in [-0.4, -0.2) is 28.1 Å². The molecule has 2 N–H and O–H groups in total. The smallest absolute Gasteiger partial charge is 0.392 e. The number of halogens is 4. The van der Waals surface area contributed by atoms with Crippen LogP contribution in [0.2, 0.25) is 5.02 Å². The topological polar surface area (TPSA) is 79.3 Å². The van der Waals surface area contributed by atoms with Crippen molar-refractivity contribution in [3.63, 3.8) is 0 Å². The molecule has 3 atom stereocenters. The molecule has 0 bridgehead atoms. The Labute approximate surface area is 205 Å². The quantitative estimate of drug-likeness (QED) is 0.354. The maximum absolute atomic E-state index is 13.8. The Morgan fingerprint density at radius 2 is 1.83 bits per heavy atom. The number of hydrogen-bond acceptors (Lipinski definition) is 3. The Morgan fingerprint density at radius 1 is 1.14 bits per heavy atom. The molecule has 35 heavy (non-hydrogen) atoms. The Bertz CT molecular complexity index is 1260. The average molecular weight is 505 g/mol. The minimum atomic E-state index is -4.64. The normalized spacial score (nSPS) is 16.5. The second kappa shape index (κ2) is 9.85. The summed E-state index contributed by atoms with van der Waals surface area (Å²) in [5.41, 5.74) is 0.823. The number of hydrogen-bond donors (Lipinski definition) is 2. The molecule has 1 aromatic heterocycles. The summed E-state index contributed by atoms with van der Waals surface area (Å²) < 4.78 is 41.3. The summed E-state index contributed by atoms with van der Waals surface area (Å²) >= 11 is 6.28. The standard InChI is InChI=1S/C26H24ClF3N2O3/c1-14(26(28,29)30)24(22-10-16-4-2-3-5-18(16)13-31-22)25(35)32-21-11-17(8-9-20(21)27)19(12-23(33)34)15-6-7-15/h2-5,8-11,13-15,19,24H,6-7,12H2,1H3,(H,32,35)(H,33,34). The lowest BCUT2D eigenvalue weighted by Gasteiger charge is -2.25. The Hall–Kier alpha value is -3.13. The molecule has 1 aliphatic rings. The van der Waals surface area contributed by atoms with Crippen LogP contribution in [0.15, 0.2) is 54.7 Å². The Morgan fingerprint density at radius 3 is 2.46 bits per heavy atom. The molecule has 2 aromatic carbocycles. The van der Waals surface area contributed by atoms with Crippen LogP contribution in [0.3, 0.4) is 0 Å². The third-order valence-electron chi connectivity index (χ3n) is 6.53. The highest BCUT2D eigenvalue weighted by Crippen LogP contribution is 2.46. The number of nitrogens with one attached hydrogen (secondary N) is 1. The number of rotatable bonds is 8. The van der Waals surface area contributed by atoms with Gasteiger partial charge in [-0.15, -0.1) is 0 Å². The van der Waals surface area contributed by atoms with Gasteiger partial charge in [0.2, 0.25) is 5.91 Å². The molecular weight excluding hydrogens is 481 g/mol. The first-order valence-corrected chi connectivity index (χ1v) is 11.7. The lowest BCUT2D eigenvalue weighted by atomic mass is 9.88. The molecule has 0 aliphatic heterocycles. The number of carbonyl (C=O) groups excluding carboxylic acids is 1. The lowest BCUT2D eigenvalue weighted by Crippen LogP contribution is -2.35. The van der Waals surface area contributed by atoms with Crippen molar-refractivity contribution < 1.29 is 27.9 Å². The van der Waals surface area contributed by atoms with E-state index >= 15 is 0 Å². The van der Waals surface area contributed by atoms with Crippen LogP contribution in [0.4, 0.5) is 18.9 Å². The zero-order valence-corrected chi connectivity index (χ0v) is 19.6. The molecule has 0 radical (unpaired) electrons. The molecule has 3 unspecified atom stereocenters. The van der Waals surface area contributed by atoms with Gasteiger partial charge in [-0.2, -0.15) is 13.2 Å². The van der Waals surface area contributed by atoms with Gasteiger partial charge in [-0.05, 0) is 53.8 Å². The Balaban J connectivity index is 1.68. The number of pyridine rings is 1. The molecule has 3 aromatic rings. The molecule has 0 saturated heterocycles. The van der Waals surface area contributed by atoms with E-state index < -0.39 is 29.9 Å². The summed E-state index contributed by atoms with van der Waals surface area (Å²) in [7, 11) is 0. The number of aliphatic carboxylic acids is 1. The predicted molar refractivity (Wildman–Crippen MR) is 128 cm³/mol. The summed E-state index contributed by atoms with van der Waals surface area (Å²) in [6, 6.07) is 13.4. The fraction of sp³-hybridized carbons (Fsp3) is 0.346. The molecule has 1 aliphatic carbocycles. The van der Waals surface area contributed by atoms with E-state index in [1.807, 2.05) is 0 Å². The molecule has 1 heterocycles. The number of aromatic nitrogens is 1. The van der Waals surface area contributed by atoms with E-state index in [2.05, 4.69) is 10.3 Å². The van der Waals surface area contributed by atoms with Gasteiger partial charge in [0.05, 0.1) is 34.7 Å². The van der Waals surface area contributed by atoms with E-state index in [9.17, 15) is 27.9 Å². The number of benzene rings is 2. The summed E-state index contributed by atoms with van der Waals surface area (Å²) in [5, 5.41) is 13.4. The largest absolute Gasteiger partial charge is 0.481 e. The van der Waals surface area contributed by atoms with Crippen molar-refractivity contribution in [1.82, 2.24) is 4.98 Å². The van der Waals surface area contributed by atoms with Crippen LogP contribution in [0, 0.1) is 11.8 Å². The molecule has 0 spiro atoms. The van der Waals surface area contributed by atoms with Gasteiger partial charge in [-0.1, -0.05) is 48.9 Å². The maximum atomic E-state index is 13.8. The van der Waals surface area contributed by atoms with Gasteiger partial charge in [0.25, 0.3) is 0 Å². The van der Waals surface area contributed by atoms with E-state index in [1.54, 1.807) is 36.4 Å². The van der Waals surface area contributed by atoms with Gasteiger partial charge in [-0.3, -0.25) is 14.6 Å². The van der Waals surface area contributed by atoms with Crippen LogP contribution in [0.5, 0.6) is 0 Å². The molecule has 5 nitrogen and oxygen atoms in total. The monoisotopic (exact) mass is 504 g/mol. The minimum absolute atomic E-state index is 0.0000335. The lowest BCUT2D eigenvalue weighted by molar-refractivity contribution is -0.178. The fourth-order valence-corrected chi connectivity index (χ4v) is 4.57. The van der Waals surface area contributed by atoms with Crippen molar-refractivity contribution in [3.05, 3.63) is 71.0 Å². The molecule has 1 saturated carbocycles. The van der Waals surface area contributed by atoms with Crippen LogP contribution in [0.1, 0.15) is 49.3 Å². The number of amides is 1. The van der Waals surface area contributed by atoms with Gasteiger partial charge in [0.1, 0.15) is 0 Å². The second-order valence-corrected chi connectivity index (χ2v) is 9.44. The van der Waals surface area contributed by atoms with Gasteiger partial charge in [-0.25, -0.2) is 0 Å². The zero-order chi connectivity index (χ0) is 25.3. The van der Waals surface area contributed by atoms with Crippen molar-refractivity contribution in [3.8, 4) is 0 Å². The summed E-state index contributed by atoms with van der Waals surface area (Å²) in [6.45, 7) is 0.954. The zero-order valence-electron chi connectivity index (χ0n) is 18.8. The van der Waals surface area contributed by atoms with Gasteiger partial charge >= 0.3 is 12.1 Å². The van der Waals surface area contributed by atoms with Crippen molar-refractivity contribution >= 4 is 39.9 Å². The summed E-state index contributed by atoms with van der Waals surface area (Å²) in [6.07, 6.45) is -1.45. The number of carbonyl (C=O) groups is 2. The molecule has 9 heteroatoms. The maximum Gasteiger partial charge on any atom is 0.392 e. The van der Waals surface area contributed by atoms with Crippen molar-refractivity contribution in [2.75, 3.05) is 5.32 Å². The number of anilines is 1. The third-order valence-corrected chi connectivity index (χ3v) is 6.86.